The topological polar surface area (TPSA) is 71.1 Å². The molecule has 1 aromatic rings. The third-order valence-corrected chi connectivity index (χ3v) is 4.58. The van der Waals surface area contributed by atoms with Gasteiger partial charge in [0.2, 0.25) is 0 Å². The second kappa shape index (κ2) is 10.1. The first-order valence-electron chi connectivity index (χ1n) is 8.61. The first kappa shape index (κ1) is 20.1. The van der Waals surface area contributed by atoms with Crippen LogP contribution in [0.1, 0.15) is 18.4 Å². The standard InChI is InChI=1S/C20H26O6/c1-23-17-11-15(18(19(21)24-2)20(22)25-3)9-10-16(12-17)26-13-14-7-5-4-6-8-14/h4-10,15-18H,11-13H2,1-3H3/t15-,16+,17-/m1/s1. The third kappa shape index (κ3) is 5.41. The molecule has 0 saturated heterocycles. The lowest BCUT2D eigenvalue weighted by molar-refractivity contribution is -0.161. The summed E-state index contributed by atoms with van der Waals surface area (Å²) in [7, 11) is 4.14. The second-order valence-corrected chi connectivity index (χ2v) is 6.24. The molecule has 26 heavy (non-hydrogen) atoms. The SMILES string of the molecule is COC(=O)C(C(=O)OC)[C@@H]1C=C[C@H](OCc2ccccc2)C[C@H](OC)C1. The summed E-state index contributed by atoms with van der Waals surface area (Å²) in [6.07, 6.45) is 4.57. The summed E-state index contributed by atoms with van der Waals surface area (Å²) in [6.45, 7) is 0.481. The predicted molar refractivity (Wildman–Crippen MR) is 95.2 cm³/mol. The van der Waals surface area contributed by atoms with Crippen LogP contribution in [-0.2, 0) is 35.1 Å². The normalized spacial score (nSPS) is 22.7. The average molecular weight is 362 g/mol. The van der Waals surface area contributed by atoms with E-state index in [1.165, 1.54) is 14.2 Å². The number of hydrogen-bond donors (Lipinski definition) is 0. The van der Waals surface area contributed by atoms with Crippen LogP contribution in [0.5, 0.6) is 0 Å². The average Bonchev–Trinajstić information content (AvgIpc) is 2.89. The van der Waals surface area contributed by atoms with Gasteiger partial charge in [0.25, 0.3) is 0 Å². The van der Waals surface area contributed by atoms with E-state index in [4.69, 9.17) is 18.9 Å². The van der Waals surface area contributed by atoms with E-state index in [0.717, 1.165) is 5.56 Å². The smallest absolute Gasteiger partial charge is 0.320 e. The van der Waals surface area contributed by atoms with E-state index in [0.29, 0.717) is 19.4 Å². The van der Waals surface area contributed by atoms with Gasteiger partial charge in [0, 0.05) is 19.4 Å². The van der Waals surface area contributed by atoms with Gasteiger partial charge >= 0.3 is 11.9 Å². The van der Waals surface area contributed by atoms with Gasteiger partial charge < -0.3 is 18.9 Å². The lowest BCUT2D eigenvalue weighted by atomic mass is 9.87. The molecule has 6 nitrogen and oxygen atoms in total. The molecule has 0 unspecified atom stereocenters. The first-order chi connectivity index (χ1) is 12.6. The van der Waals surface area contributed by atoms with Crippen LogP contribution in [0.4, 0.5) is 0 Å². The Labute approximate surface area is 154 Å². The molecule has 3 atom stereocenters. The van der Waals surface area contributed by atoms with Gasteiger partial charge in [-0.1, -0.05) is 42.5 Å². The highest BCUT2D eigenvalue weighted by Crippen LogP contribution is 2.29. The molecule has 0 aromatic heterocycles. The molecule has 1 aliphatic rings. The number of ether oxygens (including phenoxy) is 4. The molecule has 2 rings (SSSR count). The summed E-state index contributed by atoms with van der Waals surface area (Å²) in [4.78, 5) is 24.2. The van der Waals surface area contributed by atoms with E-state index in [-0.39, 0.29) is 18.1 Å². The Hall–Kier alpha value is -2.18. The summed E-state index contributed by atoms with van der Waals surface area (Å²) in [5.74, 6) is -2.59. The lowest BCUT2D eigenvalue weighted by Gasteiger charge is -2.23. The number of rotatable bonds is 7. The fraction of sp³-hybridized carbons (Fsp3) is 0.500. The first-order valence-corrected chi connectivity index (χ1v) is 8.61. The third-order valence-electron chi connectivity index (χ3n) is 4.58. The highest BCUT2D eigenvalue weighted by atomic mass is 16.5. The molecule has 0 heterocycles. The number of benzene rings is 1. The van der Waals surface area contributed by atoms with Crippen molar-refractivity contribution in [2.45, 2.75) is 31.7 Å². The maximum absolute atomic E-state index is 12.1. The van der Waals surface area contributed by atoms with Crippen molar-refractivity contribution < 1.29 is 28.5 Å². The van der Waals surface area contributed by atoms with Crippen LogP contribution in [-0.4, -0.2) is 45.5 Å². The zero-order valence-electron chi connectivity index (χ0n) is 15.4. The van der Waals surface area contributed by atoms with E-state index in [1.807, 2.05) is 42.5 Å². The van der Waals surface area contributed by atoms with Crippen molar-refractivity contribution in [2.24, 2.45) is 11.8 Å². The molecule has 0 saturated carbocycles. The fourth-order valence-electron chi connectivity index (χ4n) is 3.12. The molecular formula is C20H26O6. The highest BCUT2D eigenvalue weighted by molar-refractivity contribution is 5.95. The molecule has 0 spiro atoms. The minimum Gasteiger partial charge on any atom is -0.468 e. The van der Waals surface area contributed by atoms with Gasteiger partial charge in [0.05, 0.1) is 33.0 Å². The quantitative estimate of drug-likeness (QED) is 0.422. The monoisotopic (exact) mass is 362 g/mol. The molecule has 6 heteroatoms. The molecule has 0 aliphatic heterocycles. The Bertz CT molecular complexity index is 596. The van der Waals surface area contributed by atoms with Crippen LogP contribution in [0, 0.1) is 11.8 Å². The summed E-state index contributed by atoms with van der Waals surface area (Å²) in [5.41, 5.74) is 1.08. The maximum Gasteiger partial charge on any atom is 0.320 e. The van der Waals surface area contributed by atoms with E-state index in [2.05, 4.69) is 0 Å². The van der Waals surface area contributed by atoms with E-state index >= 15 is 0 Å². The minimum atomic E-state index is -1.01. The van der Waals surface area contributed by atoms with Crippen molar-refractivity contribution in [3.63, 3.8) is 0 Å². The van der Waals surface area contributed by atoms with E-state index < -0.39 is 17.9 Å². The molecule has 0 radical (unpaired) electrons. The highest BCUT2D eigenvalue weighted by Gasteiger charge is 2.38. The van der Waals surface area contributed by atoms with Gasteiger partial charge in [0.1, 0.15) is 0 Å². The number of hydrogen-bond acceptors (Lipinski definition) is 6. The number of esters is 2. The Balaban J connectivity index is 2.11. The fourth-order valence-corrected chi connectivity index (χ4v) is 3.12. The molecule has 0 bridgehead atoms. The summed E-state index contributed by atoms with van der Waals surface area (Å²) in [6, 6.07) is 9.89. The summed E-state index contributed by atoms with van der Waals surface area (Å²) in [5, 5.41) is 0. The number of methoxy groups -OCH3 is 3. The van der Waals surface area contributed by atoms with Crippen molar-refractivity contribution >= 4 is 11.9 Å². The van der Waals surface area contributed by atoms with Crippen LogP contribution in [0.3, 0.4) is 0 Å². The number of carbonyl (C=O) groups is 2. The predicted octanol–water partition coefficient (Wildman–Crippen LogP) is 2.52. The van der Waals surface area contributed by atoms with Crippen LogP contribution < -0.4 is 0 Å². The minimum absolute atomic E-state index is 0.146. The zero-order chi connectivity index (χ0) is 18.9. The van der Waals surface area contributed by atoms with Gasteiger partial charge in [-0.3, -0.25) is 9.59 Å². The molecule has 1 aliphatic carbocycles. The Morgan fingerprint density at radius 3 is 2.23 bits per heavy atom. The van der Waals surface area contributed by atoms with Crippen LogP contribution in [0.25, 0.3) is 0 Å². The van der Waals surface area contributed by atoms with Crippen LogP contribution >= 0.6 is 0 Å². The molecule has 142 valence electrons. The van der Waals surface area contributed by atoms with Crippen LogP contribution in [0.15, 0.2) is 42.5 Å². The Morgan fingerprint density at radius 2 is 1.65 bits per heavy atom. The van der Waals surface area contributed by atoms with Crippen molar-refractivity contribution in [3.05, 3.63) is 48.0 Å². The molecule has 0 amide bonds. The van der Waals surface area contributed by atoms with Gasteiger partial charge in [-0.15, -0.1) is 0 Å². The summed E-state index contributed by atoms with van der Waals surface area (Å²) < 4.78 is 21.1. The zero-order valence-corrected chi connectivity index (χ0v) is 15.4. The maximum atomic E-state index is 12.1. The molecule has 0 N–H and O–H groups in total. The van der Waals surface area contributed by atoms with Crippen molar-refractivity contribution in [1.82, 2.24) is 0 Å². The number of allylic oxidation sites excluding steroid dienone is 1. The van der Waals surface area contributed by atoms with Crippen molar-refractivity contribution in [3.8, 4) is 0 Å². The van der Waals surface area contributed by atoms with Crippen LogP contribution in [0.2, 0.25) is 0 Å². The molecule has 1 aromatic carbocycles. The lowest BCUT2D eigenvalue weighted by Crippen LogP contribution is -2.34. The largest absolute Gasteiger partial charge is 0.468 e. The van der Waals surface area contributed by atoms with E-state index in [1.54, 1.807) is 7.11 Å². The van der Waals surface area contributed by atoms with E-state index in [9.17, 15) is 9.59 Å². The van der Waals surface area contributed by atoms with Gasteiger partial charge in [0.15, 0.2) is 5.92 Å². The molecule has 0 fully saturated rings. The van der Waals surface area contributed by atoms with Crippen molar-refractivity contribution in [2.75, 3.05) is 21.3 Å². The van der Waals surface area contributed by atoms with Gasteiger partial charge in [-0.05, 0) is 12.0 Å². The van der Waals surface area contributed by atoms with Gasteiger partial charge in [-0.2, -0.15) is 0 Å². The summed E-state index contributed by atoms with van der Waals surface area (Å²) >= 11 is 0. The van der Waals surface area contributed by atoms with Gasteiger partial charge in [-0.25, -0.2) is 0 Å². The number of carbonyl (C=O) groups excluding carboxylic acids is 2. The van der Waals surface area contributed by atoms with Crippen molar-refractivity contribution in [1.29, 1.82) is 0 Å². The molecular weight excluding hydrogens is 336 g/mol. The second-order valence-electron chi connectivity index (χ2n) is 6.24. The Kier molecular flexibility index (Phi) is 7.81. The Morgan fingerprint density at radius 1 is 1.00 bits per heavy atom.